The maximum absolute atomic E-state index is 13.7. The van der Waals surface area contributed by atoms with Crippen LogP contribution in [0.2, 0.25) is 0 Å². The van der Waals surface area contributed by atoms with Crippen molar-refractivity contribution in [2.45, 2.75) is 6.54 Å². The minimum Gasteiger partial charge on any atom is -0.346 e. The highest BCUT2D eigenvalue weighted by molar-refractivity contribution is 7.15. The van der Waals surface area contributed by atoms with E-state index in [9.17, 15) is 13.6 Å². The van der Waals surface area contributed by atoms with Crippen LogP contribution in [0.1, 0.15) is 25.9 Å². The summed E-state index contributed by atoms with van der Waals surface area (Å²) in [5.74, 6) is -1.59. The summed E-state index contributed by atoms with van der Waals surface area (Å²) in [7, 11) is 0. The van der Waals surface area contributed by atoms with Crippen LogP contribution in [0, 0.1) is 11.6 Å². The Morgan fingerprint density at radius 1 is 1.12 bits per heavy atom. The standard InChI is InChI=1S/C18H12ClF2N3OS/c19-14(9-12-8-13(20)6-7-15(12)21)17-23-24-18(26-17)16(25)22-10-11-4-2-1-3-5-11/h1-9H,10H2,(H,22,25). The first-order chi connectivity index (χ1) is 12.5. The number of amides is 1. The summed E-state index contributed by atoms with van der Waals surface area (Å²) in [6.45, 7) is 0.354. The van der Waals surface area contributed by atoms with E-state index in [4.69, 9.17) is 11.6 Å². The Morgan fingerprint density at radius 3 is 2.62 bits per heavy atom. The summed E-state index contributed by atoms with van der Waals surface area (Å²) >= 11 is 7.07. The van der Waals surface area contributed by atoms with E-state index in [1.807, 2.05) is 30.3 Å². The molecule has 0 spiro atoms. The van der Waals surface area contributed by atoms with Gasteiger partial charge in [-0.2, -0.15) is 0 Å². The number of benzene rings is 2. The first kappa shape index (κ1) is 18.2. The molecule has 0 bridgehead atoms. The van der Waals surface area contributed by atoms with Crippen LogP contribution in [0.25, 0.3) is 11.1 Å². The lowest BCUT2D eigenvalue weighted by Gasteiger charge is -2.02. The van der Waals surface area contributed by atoms with Crippen LogP contribution in [0.4, 0.5) is 8.78 Å². The van der Waals surface area contributed by atoms with Gasteiger partial charge in [0.2, 0.25) is 5.01 Å². The molecule has 0 saturated heterocycles. The second kappa shape index (κ2) is 8.16. The topological polar surface area (TPSA) is 54.9 Å². The number of rotatable bonds is 5. The van der Waals surface area contributed by atoms with Gasteiger partial charge in [-0.25, -0.2) is 8.78 Å². The zero-order valence-corrected chi connectivity index (χ0v) is 14.8. The minimum absolute atomic E-state index is 0.0136. The average molecular weight is 392 g/mol. The maximum atomic E-state index is 13.7. The molecule has 8 heteroatoms. The SMILES string of the molecule is O=C(NCc1ccccc1)c1nnc(C(Cl)=Cc2cc(F)ccc2F)s1. The average Bonchev–Trinajstić information content (AvgIpc) is 3.14. The molecule has 0 aliphatic carbocycles. The van der Waals surface area contributed by atoms with Crippen molar-refractivity contribution in [1.29, 1.82) is 0 Å². The highest BCUT2D eigenvalue weighted by atomic mass is 35.5. The molecule has 0 fully saturated rings. The van der Waals surface area contributed by atoms with Crippen LogP contribution in [-0.2, 0) is 6.54 Å². The first-order valence-corrected chi connectivity index (χ1v) is 8.70. The Bertz CT molecular complexity index is 960. The predicted octanol–water partition coefficient (Wildman–Crippen LogP) is 4.48. The summed E-state index contributed by atoms with van der Waals surface area (Å²) in [6.07, 6.45) is 1.24. The van der Waals surface area contributed by atoms with Crippen LogP contribution >= 0.6 is 22.9 Å². The zero-order valence-electron chi connectivity index (χ0n) is 13.2. The van der Waals surface area contributed by atoms with E-state index in [2.05, 4.69) is 15.5 Å². The third kappa shape index (κ3) is 4.50. The molecule has 0 radical (unpaired) electrons. The van der Waals surface area contributed by atoms with Crippen molar-refractivity contribution in [3.63, 3.8) is 0 Å². The summed E-state index contributed by atoms with van der Waals surface area (Å²) in [4.78, 5) is 12.1. The van der Waals surface area contributed by atoms with Gasteiger partial charge in [-0.15, -0.1) is 10.2 Å². The Hall–Kier alpha value is -2.64. The predicted molar refractivity (Wildman–Crippen MR) is 97.6 cm³/mol. The maximum Gasteiger partial charge on any atom is 0.282 e. The van der Waals surface area contributed by atoms with E-state index in [1.165, 1.54) is 6.08 Å². The largest absolute Gasteiger partial charge is 0.346 e. The van der Waals surface area contributed by atoms with Crippen molar-refractivity contribution in [2.75, 3.05) is 0 Å². The van der Waals surface area contributed by atoms with Gasteiger partial charge in [-0.1, -0.05) is 53.3 Å². The lowest BCUT2D eigenvalue weighted by Crippen LogP contribution is -2.22. The number of nitrogens with one attached hydrogen (secondary N) is 1. The monoisotopic (exact) mass is 391 g/mol. The van der Waals surface area contributed by atoms with Gasteiger partial charge in [0.05, 0.1) is 5.03 Å². The molecule has 0 aliphatic heterocycles. The molecule has 1 aromatic heterocycles. The van der Waals surface area contributed by atoms with E-state index in [-0.39, 0.29) is 26.5 Å². The molecule has 4 nitrogen and oxygen atoms in total. The molecule has 26 heavy (non-hydrogen) atoms. The lowest BCUT2D eigenvalue weighted by molar-refractivity contribution is 0.0950. The third-order valence-corrected chi connectivity index (χ3v) is 4.72. The molecule has 0 aliphatic rings. The van der Waals surface area contributed by atoms with E-state index in [0.29, 0.717) is 6.54 Å². The number of carbonyl (C=O) groups excluding carboxylic acids is 1. The van der Waals surface area contributed by atoms with Gasteiger partial charge in [0.1, 0.15) is 11.6 Å². The Balaban J connectivity index is 1.71. The summed E-state index contributed by atoms with van der Waals surface area (Å²) < 4.78 is 26.9. The van der Waals surface area contributed by atoms with Crippen LogP contribution in [0.15, 0.2) is 48.5 Å². The third-order valence-electron chi connectivity index (χ3n) is 3.36. The fourth-order valence-electron chi connectivity index (χ4n) is 2.09. The van der Waals surface area contributed by atoms with Gasteiger partial charge in [0.15, 0.2) is 5.01 Å². The van der Waals surface area contributed by atoms with Gasteiger partial charge in [-0.05, 0) is 29.8 Å². The first-order valence-electron chi connectivity index (χ1n) is 7.51. The number of halogens is 3. The molecule has 1 heterocycles. The second-order valence-electron chi connectivity index (χ2n) is 5.24. The summed E-state index contributed by atoms with van der Waals surface area (Å²) in [5, 5.41) is 10.8. The molecule has 3 aromatic rings. The molecule has 3 rings (SSSR count). The molecule has 0 atom stereocenters. The highest BCUT2D eigenvalue weighted by Gasteiger charge is 2.15. The zero-order chi connectivity index (χ0) is 18.5. The number of hydrogen-bond acceptors (Lipinski definition) is 4. The van der Waals surface area contributed by atoms with Crippen LogP contribution in [0.5, 0.6) is 0 Å². The van der Waals surface area contributed by atoms with Gasteiger partial charge >= 0.3 is 0 Å². The number of carbonyl (C=O) groups is 1. The van der Waals surface area contributed by atoms with Crippen molar-refractivity contribution in [3.05, 3.63) is 81.3 Å². The van der Waals surface area contributed by atoms with E-state index < -0.39 is 11.6 Å². The van der Waals surface area contributed by atoms with Crippen molar-refractivity contribution < 1.29 is 13.6 Å². The number of nitrogens with zero attached hydrogens (tertiary/aromatic N) is 2. The van der Waals surface area contributed by atoms with Crippen LogP contribution < -0.4 is 5.32 Å². The molecule has 132 valence electrons. The number of hydrogen-bond donors (Lipinski definition) is 1. The van der Waals surface area contributed by atoms with Gasteiger partial charge in [0, 0.05) is 12.1 Å². The Morgan fingerprint density at radius 2 is 1.85 bits per heavy atom. The quantitative estimate of drug-likeness (QED) is 0.697. The molecular weight excluding hydrogens is 380 g/mol. The van der Waals surface area contributed by atoms with Gasteiger partial charge in [0.25, 0.3) is 5.91 Å². The molecule has 1 N–H and O–H groups in total. The summed E-state index contributed by atoms with van der Waals surface area (Å²) in [5.41, 5.74) is 0.936. The van der Waals surface area contributed by atoms with E-state index in [1.54, 1.807) is 0 Å². The molecule has 1 amide bonds. The normalized spacial score (nSPS) is 11.4. The smallest absolute Gasteiger partial charge is 0.282 e. The molecule has 2 aromatic carbocycles. The number of aromatic nitrogens is 2. The lowest BCUT2D eigenvalue weighted by atomic mass is 10.2. The van der Waals surface area contributed by atoms with Gasteiger partial charge in [-0.3, -0.25) is 4.79 Å². The highest BCUT2D eigenvalue weighted by Crippen LogP contribution is 2.26. The molecule has 0 unspecified atom stereocenters. The fraction of sp³-hybridized carbons (Fsp3) is 0.0556. The van der Waals surface area contributed by atoms with Crippen LogP contribution in [-0.4, -0.2) is 16.1 Å². The summed E-state index contributed by atoms with van der Waals surface area (Å²) in [6, 6.07) is 12.5. The van der Waals surface area contributed by atoms with Crippen molar-refractivity contribution in [2.24, 2.45) is 0 Å². The Labute approximate surface area is 157 Å². The fourth-order valence-corrected chi connectivity index (χ4v) is 3.03. The van der Waals surface area contributed by atoms with Gasteiger partial charge < -0.3 is 5.32 Å². The van der Waals surface area contributed by atoms with E-state index in [0.717, 1.165) is 35.1 Å². The molecular formula is C18H12ClF2N3OS. The Kier molecular flexibility index (Phi) is 5.70. The second-order valence-corrected chi connectivity index (χ2v) is 6.62. The van der Waals surface area contributed by atoms with Crippen molar-refractivity contribution in [1.82, 2.24) is 15.5 Å². The minimum atomic E-state index is -0.616. The molecule has 0 saturated carbocycles. The van der Waals surface area contributed by atoms with Crippen molar-refractivity contribution >= 4 is 40.0 Å². The van der Waals surface area contributed by atoms with E-state index >= 15 is 0 Å². The van der Waals surface area contributed by atoms with Crippen molar-refractivity contribution in [3.8, 4) is 0 Å². The van der Waals surface area contributed by atoms with Crippen LogP contribution in [0.3, 0.4) is 0 Å².